The molecule has 0 amide bonds. The van der Waals surface area contributed by atoms with Crippen LogP contribution < -0.4 is 14.8 Å². The molecule has 0 aromatic heterocycles. The number of fused-ring (bicyclic) bond motifs is 1. The van der Waals surface area contributed by atoms with E-state index in [-0.39, 0.29) is 26.0 Å². The van der Waals surface area contributed by atoms with Crippen LogP contribution in [0, 0.1) is 0 Å². The number of quaternary nitrogens is 1. The highest BCUT2D eigenvalue weighted by Crippen LogP contribution is 2.32. The Hall–Kier alpha value is -1.34. The third-order valence-corrected chi connectivity index (χ3v) is 3.52. The highest BCUT2D eigenvalue weighted by molar-refractivity contribution is 5.44. The first-order valence-electron chi connectivity index (χ1n) is 7.31. The predicted octanol–water partition coefficient (Wildman–Crippen LogP) is -0.373. The quantitative estimate of drug-likeness (QED) is 0.579. The van der Waals surface area contributed by atoms with Crippen LogP contribution >= 0.6 is 0 Å². The van der Waals surface area contributed by atoms with Crippen LogP contribution in [0.2, 0.25) is 0 Å². The summed E-state index contributed by atoms with van der Waals surface area (Å²) >= 11 is 0. The SMILES string of the molecule is CC[C@H](CO)[NH2+]C[C@@H](O)COCc1ccc2c(c1)OCO2. The van der Waals surface area contributed by atoms with Crippen molar-refractivity contribution >= 4 is 0 Å². The minimum atomic E-state index is -0.542. The lowest BCUT2D eigenvalue weighted by Crippen LogP contribution is -2.92. The number of rotatable bonds is 9. The fourth-order valence-corrected chi connectivity index (χ4v) is 2.13. The molecule has 1 aliphatic heterocycles. The van der Waals surface area contributed by atoms with Crippen LogP contribution in [0.15, 0.2) is 18.2 Å². The van der Waals surface area contributed by atoms with Crippen molar-refractivity contribution in [2.24, 2.45) is 0 Å². The third-order valence-electron chi connectivity index (χ3n) is 3.52. The predicted molar refractivity (Wildman–Crippen MR) is 76.2 cm³/mol. The lowest BCUT2D eigenvalue weighted by Gasteiger charge is -2.14. The van der Waals surface area contributed by atoms with Crippen LogP contribution in [-0.2, 0) is 11.3 Å². The number of aliphatic hydroxyl groups is 2. The van der Waals surface area contributed by atoms with Gasteiger partial charge in [0.15, 0.2) is 11.5 Å². The molecule has 1 heterocycles. The molecule has 2 rings (SSSR count). The van der Waals surface area contributed by atoms with Crippen LogP contribution in [0.4, 0.5) is 0 Å². The molecule has 2 atom stereocenters. The summed E-state index contributed by atoms with van der Waals surface area (Å²) in [6.07, 6.45) is 0.334. The maximum absolute atomic E-state index is 9.84. The lowest BCUT2D eigenvalue weighted by atomic mass is 10.2. The Kier molecular flexibility index (Phi) is 6.25. The molecule has 21 heavy (non-hydrogen) atoms. The molecule has 0 aliphatic carbocycles. The summed E-state index contributed by atoms with van der Waals surface area (Å²) in [7, 11) is 0. The smallest absolute Gasteiger partial charge is 0.231 e. The standard InChI is InChI=1S/C15H23NO5/c1-2-12(7-17)16-6-13(18)9-19-8-11-3-4-14-15(5-11)21-10-20-14/h3-5,12-13,16-18H,2,6-10H2,1H3/p+1/t12-,13-/m1/s1. The van der Waals surface area contributed by atoms with Gasteiger partial charge < -0.3 is 29.7 Å². The van der Waals surface area contributed by atoms with Crippen LogP contribution in [0.1, 0.15) is 18.9 Å². The van der Waals surface area contributed by atoms with E-state index in [0.29, 0.717) is 13.2 Å². The van der Waals surface area contributed by atoms with Gasteiger partial charge in [0.2, 0.25) is 6.79 Å². The van der Waals surface area contributed by atoms with E-state index in [4.69, 9.17) is 19.3 Å². The van der Waals surface area contributed by atoms with Gasteiger partial charge in [0, 0.05) is 0 Å². The molecular formula is C15H24NO5+. The largest absolute Gasteiger partial charge is 0.454 e. The second kappa shape index (κ2) is 8.19. The topological polar surface area (TPSA) is 84.8 Å². The zero-order valence-electron chi connectivity index (χ0n) is 12.3. The van der Waals surface area contributed by atoms with Gasteiger partial charge in [0.1, 0.15) is 18.7 Å². The van der Waals surface area contributed by atoms with Crippen LogP contribution in [0.5, 0.6) is 11.5 Å². The molecule has 0 radical (unpaired) electrons. The maximum atomic E-state index is 9.84. The van der Waals surface area contributed by atoms with Gasteiger partial charge in [-0.2, -0.15) is 0 Å². The zero-order chi connectivity index (χ0) is 15.1. The van der Waals surface area contributed by atoms with Crippen molar-refractivity contribution in [2.75, 3.05) is 26.6 Å². The summed E-state index contributed by atoms with van der Waals surface area (Å²) in [5.41, 5.74) is 0.984. The average molecular weight is 298 g/mol. The van der Waals surface area contributed by atoms with Crippen LogP contribution in [-0.4, -0.2) is 48.9 Å². The van der Waals surface area contributed by atoms with Gasteiger partial charge in [-0.05, 0) is 24.1 Å². The van der Waals surface area contributed by atoms with Crippen molar-refractivity contribution in [3.05, 3.63) is 23.8 Å². The molecule has 6 heteroatoms. The van der Waals surface area contributed by atoms with Gasteiger partial charge in [-0.15, -0.1) is 0 Å². The van der Waals surface area contributed by atoms with E-state index in [2.05, 4.69) is 0 Å². The molecule has 0 fully saturated rings. The molecule has 0 saturated heterocycles. The Balaban J connectivity index is 1.67. The van der Waals surface area contributed by atoms with E-state index in [1.165, 1.54) is 0 Å². The Labute approximate surface area is 124 Å². The van der Waals surface area contributed by atoms with Gasteiger partial charge in [-0.25, -0.2) is 0 Å². The molecule has 118 valence electrons. The normalized spacial score (nSPS) is 16.0. The minimum Gasteiger partial charge on any atom is -0.454 e. The van der Waals surface area contributed by atoms with E-state index >= 15 is 0 Å². The first-order chi connectivity index (χ1) is 10.2. The highest BCUT2D eigenvalue weighted by atomic mass is 16.7. The highest BCUT2D eigenvalue weighted by Gasteiger charge is 2.14. The van der Waals surface area contributed by atoms with Crippen molar-refractivity contribution in [1.29, 1.82) is 0 Å². The number of nitrogens with two attached hydrogens (primary N) is 1. The van der Waals surface area contributed by atoms with E-state index in [1.54, 1.807) is 0 Å². The zero-order valence-corrected chi connectivity index (χ0v) is 12.3. The van der Waals surface area contributed by atoms with Crippen molar-refractivity contribution in [2.45, 2.75) is 32.1 Å². The van der Waals surface area contributed by atoms with Crippen LogP contribution in [0.3, 0.4) is 0 Å². The Morgan fingerprint density at radius 3 is 2.90 bits per heavy atom. The molecule has 0 unspecified atom stereocenters. The molecular weight excluding hydrogens is 274 g/mol. The van der Waals surface area contributed by atoms with E-state index in [1.807, 2.05) is 30.4 Å². The van der Waals surface area contributed by atoms with Gasteiger partial charge >= 0.3 is 0 Å². The summed E-state index contributed by atoms with van der Waals surface area (Å²) in [6.45, 7) is 3.62. The van der Waals surface area contributed by atoms with Crippen LogP contribution in [0.25, 0.3) is 0 Å². The van der Waals surface area contributed by atoms with Crippen molar-refractivity contribution in [3.8, 4) is 11.5 Å². The monoisotopic (exact) mass is 298 g/mol. The summed E-state index contributed by atoms with van der Waals surface area (Å²) in [5.74, 6) is 1.49. The molecule has 6 nitrogen and oxygen atoms in total. The number of hydrogen-bond donors (Lipinski definition) is 3. The number of ether oxygens (including phenoxy) is 3. The van der Waals surface area contributed by atoms with Crippen molar-refractivity contribution in [1.82, 2.24) is 0 Å². The molecule has 1 aromatic carbocycles. The van der Waals surface area contributed by atoms with Gasteiger partial charge in [0.05, 0.1) is 19.8 Å². The van der Waals surface area contributed by atoms with Crippen molar-refractivity contribution in [3.63, 3.8) is 0 Å². The molecule has 0 saturated carbocycles. The van der Waals surface area contributed by atoms with E-state index in [9.17, 15) is 5.11 Å². The molecule has 1 aliphatic rings. The summed E-state index contributed by atoms with van der Waals surface area (Å²) < 4.78 is 16.1. The summed E-state index contributed by atoms with van der Waals surface area (Å²) in [5, 5.41) is 20.9. The molecule has 1 aromatic rings. The fraction of sp³-hybridized carbons (Fsp3) is 0.600. The third kappa shape index (κ3) is 4.86. The number of benzene rings is 1. The summed E-state index contributed by atoms with van der Waals surface area (Å²) in [6, 6.07) is 5.82. The van der Waals surface area contributed by atoms with Gasteiger partial charge in [0.25, 0.3) is 0 Å². The average Bonchev–Trinajstić information content (AvgIpc) is 2.96. The molecule has 0 spiro atoms. The number of aliphatic hydroxyl groups excluding tert-OH is 2. The summed E-state index contributed by atoms with van der Waals surface area (Å²) in [4.78, 5) is 0. The second-order valence-corrected chi connectivity index (χ2v) is 5.18. The maximum Gasteiger partial charge on any atom is 0.231 e. The molecule has 0 bridgehead atoms. The van der Waals surface area contributed by atoms with Gasteiger partial charge in [-0.3, -0.25) is 0 Å². The Bertz CT molecular complexity index is 436. The van der Waals surface area contributed by atoms with E-state index < -0.39 is 6.10 Å². The number of hydrogen-bond acceptors (Lipinski definition) is 5. The van der Waals surface area contributed by atoms with Crippen molar-refractivity contribution < 1.29 is 29.7 Å². The second-order valence-electron chi connectivity index (χ2n) is 5.18. The fourth-order valence-electron chi connectivity index (χ4n) is 2.13. The Morgan fingerprint density at radius 2 is 2.14 bits per heavy atom. The molecule has 4 N–H and O–H groups in total. The van der Waals surface area contributed by atoms with E-state index in [0.717, 1.165) is 23.5 Å². The first-order valence-corrected chi connectivity index (χ1v) is 7.31. The minimum absolute atomic E-state index is 0.126. The lowest BCUT2D eigenvalue weighted by molar-refractivity contribution is -0.696. The Morgan fingerprint density at radius 1 is 1.33 bits per heavy atom. The first kappa shape index (κ1) is 16.0. The van der Waals surface area contributed by atoms with Gasteiger partial charge in [-0.1, -0.05) is 13.0 Å².